The van der Waals surface area contributed by atoms with Gasteiger partial charge < -0.3 is 20.3 Å². The van der Waals surface area contributed by atoms with Gasteiger partial charge in [0.2, 0.25) is 0 Å². The largest absolute Gasteiger partial charge is 0.489 e. The Labute approximate surface area is 108 Å². The number of nitrogens with zero attached hydrogens (tertiary/aromatic N) is 2. The highest BCUT2D eigenvalue weighted by Gasteiger charge is 2.16. The number of rotatable bonds is 5. The molecule has 0 aliphatic heterocycles. The van der Waals surface area contributed by atoms with Gasteiger partial charge in [-0.15, -0.1) is 0 Å². The number of ether oxygens (including phenoxy) is 1. The Bertz CT molecular complexity index is 417. The lowest BCUT2D eigenvalue weighted by molar-refractivity contribution is 0.0823. The molecule has 0 atom stereocenters. The number of carbonyl (C=O) groups is 1. The number of nitrogen functional groups attached to an aromatic ring is 1. The SMILES string of the molecule is CN(C)CCOc1c(N)cccc1C(=O)N(C)C. The summed E-state index contributed by atoms with van der Waals surface area (Å²) in [7, 11) is 7.33. The van der Waals surface area contributed by atoms with E-state index in [1.54, 1.807) is 32.3 Å². The molecule has 18 heavy (non-hydrogen) atoms. The van der Waals surface area contributed by atoms with Crippen LogP contribution >= 0.6 is 0 Å². The van der Waals surface area contributed by atoms with Crippen molar-refractivity contribution in [2.24, 2.45) is 0 Å². The highest BCUT2D eigenvalue weighted by Crippen LogP contribution is 2.27. The molecule has 0 aliphatic carbocycles. The zero-order valence-electron chi connectivity index (χ0n) is 11.4. The maximum Gasteiger partial charge on any atom is 0.257 e. The number of hydrogen-bond acceptors (Lipinski definition) is 4. The minimum Gasteiger partial charge on any atom is -0.489 e. The molecule has 0 saturated carbocycles. The zero-order valence-corrected chi connectivity index (χ0v) is 11.4. The van der Waals surface area contributed by atoms with Gasteiger partial charge in [0.05, 0.1) is 11.3 Å². The predicted molar refractivity (Wildman–Crippen MR) is 72.9 cm³/mol. The molecule has 0 spiro atoms. The Balaban J connectivity index is 2.90. The van der Waals surface area contributed by atoms with Crippen LogP contribution in [0.25, 0.3) is 0 Å². The van der Waals surface area contributed by atoms with Crippen molar-refractivity contribution in [3.63, 3.8) is 0 Å². The van der Waals surface area contributed by atoms with Crippen LogP contribution in [0.3, 0.4) is 0 Å². The molecule has 0 fully saturated rings. The molecule has 2 N–H and O–H groups in total. The lowest BCUT2D eigenvalue weighted by Gasteiger charge is -2.17. The Kier molecular flexibility index (Phi) is 4.97. The molecule has 5 heteroatoms. The number of para-hydroxylation sites is 1. The van der Waals surface area contributed by atoms with Crippen molar-refractivity contribution >= 4 is 11.6 Å². The minimum atomic E-state index is -0.109. The van der Waals surface area contributed by atoms with Crippen LogP contribution in [0, 0.1) is 0 Å². The van der Waals surface area contributed by atoms with Crippen molar-refractivity contribution in [2.45, 2.75) is 0 Å². The number of likely N-dealkylation sites (N-methyl/N-ethyl adjacent to an activating group) is 1. The highest BCUT2D eigenvalue weighted by atomic mass is 16.5. The monoisotopic (exact) mass is 251 g/mol. The molecule has 1 rings (SSSR count). The quantitative estimate of drug-likeness (QED) is 0.790. The third kappa shape index (κ3) is 3.63. The summed E-state index contributed by atoms with van der Waals surface area (Å²) < 4.78 is 5.64. The van der Waals surface area contributed by atoms with Gasteiger partial charge in [-0.25, -0.2) is 0 Å². The Morgan fingerprint density at radius 2 is 1.94 bits per heavy atom. The van der Waals surface area contributed by atoms with E-state index in [9.17, 15) is 4.79 Å². The normalized spacial score (nSPS) is 10.5. The van der Waals surface area contributed by atoms with Crippen LogP contribution in [0.2, 0.25) is 0 Å². The minimum absolute atomic E-state index is 0.109. The fourth-order valence-corrected chi connectivity index (χ4v) is 1.46. The lowest BCUT2D eigenvalue weighted by Crippen LogP contribution is -2.24. The van der Waals surface area contributed by atoms with Crippen LogP contribution in [0.4, 0.5) is 5.69 Å². The molecule has 1 aromatic rings. The third-order valence-electron chi connectivity index (χ3n) is 2.47. The Hall–Kier alpha value is -1.75. The van der Waals surface area contributed by atoms with Gasteiger partial charge in [0.1, 0.15) is 6.61 Å². The lowest BCUT2D eigenvalue weighted by atomic mass is 10.1. The second-order valence-electron chi connectivity index (χ2n) is 4.58. The molecule has 5 nitrogen and oxygen atoms in total. The molecular formula is C13H21N3O2. The smallest absolute Gasteiger partial charge is 0.257 e. The van der Waals surface area contributed by atoms with E-state index in [0.717, 1.165) is 6.54 Å². The standard InChI is InChI=1S/C13H21N3O2/c1-15(2)8-9-18-12-10(13(17)16(3)4)6-5-7-11(12)14/h5-7H,8-9,14H2,1-4H3. The van der Waals surface area contributed by atoms with Crippen molar-refractivity contribution in [1.82, 2.24) is 9.80 Å². The molecule has 100 valence electrons. The summed E-state index contributed by atoms with van der Waals surface area (Å²) in [6.45, 7) is 1.26. The first-order valence-corrected chi connectivity index (χ1v) is 5.81. The van der Waals surface area contributed by atoms with Crippen LogP contribution in [0.5, 0.6) is 5.75 Å². The number of carbonyl (C=O) groups excluding carboxylic acids is 1. The zero-order chi connectivity index (χ0) is 13.7. The first-order valence-electron chi connectivity index (χ1n) is 5.81. The molecule has 0 aromatic heterocycles. The Morgan fingerprint density at radius 3 is 2.50 bits per heavy atom. The highest BCUT2D eigenvalue weighted by molar-refractivity contribution is 5.98. The molecule has 0 bridgehead atoms. The van der Waals surface area contributed by atoms with Crippen molar-refractivity contribution in [2.75, 3.05) is 47.1 Å². The number of hydrogen-bond donors (Lipinski definition) is 1. The fourth-order valence-electron chi connectivity index (χ4n) is 1.46. The third-order valence-corrected chi connectivity index (χ3v) is 2.47. The van der Waals surface area contributed by atoms with E-state index in [4.69, 9.17) is 10.5 Å². The summed E-state index contributed by atoms with van der Waals surface area (Å²) in [5.41, 5.74) is 6.85. The van der Waals surface area contributed by atoms with Gasteiger partial charge in [-0.1, -0.05) is 6.07 Å². The number of nitrogens with two attached hydrogens (primary N) is 1. The Morgan fingerprint density at radius 1 is 1.28 bits per heavy atom. The number of amides is 1. The number of benzene rings is 1. The summed E-state index contributed by atoms with van der Waals surface area (Å²) >= 11 is 0. The van der Waals surface area contributed by atoms with Gasteiger partial charge in [-0.05, 0) is 26.2 Å². The topological polar surface area (TPSA) is 58.8 Å². The molecule has 0 unspecified atom stereocenters. The van der Waals surface area contributed by atoms with Crippen molar-refractivity contribution in [3.05, 3.63) is 23.8 Å². The van der Waals surface area contributed by atoms with Gasteiger partial charge in [-0.3, -0.25) is 4.79 Å². The molecule has 0 saturated heterocycles. The molecule has 0 radical (unpaired) electrons. The average molecular weight is 251 g/mol. The van der Waals surface area contributed by atoms with E-state index in [2.05, 4.69) is 0 Å². The van der Waals surface area contributed by atoms with E-state index in [1.165, 1.54) is 4.90 Å². The summed E-state index contributed by atoms with van der Waals surface area (Å²) in [4.78, 5) is 15.5. The van der Waals surface area contributed by atoms with E-state index in [1.807, 2.05) is 19.0 Å². The number of anilines is 1. The van der Waals surface area contributed by atoms with Crippen LogP contribution in [0.15, 0.2) is 18.2 Å². The van der Waals surface area contributed by atoms with Crippen molar-refractivity contribution in [1.29, 1.82) is 0 Å². The van der Waals surface area contributed by atoms with Gasteiger partial charge in [0.15, 0.2) is 5.75 Å². The first-order chi connectivity index (χ1) is 8.43. The van der Waals surface area contributed by atoms with E-state index < -0.39 is 0 Å². The summed E-state index contributed by atoms with van der Waals surface area (Å²) in [6.07, 6.45) is 0. The van der Waals surface area contributed by atoms with Crippen molar-refractivity contribution in [3.8, 4) is 5.75 Å². The van der Waals surface area contributed by atoms with Crippen LogP contribution in [0.1, 0.15) is 10.4 Å². The molecule has 1 aromatic carbocycles. The van der Waals surface area contributed by atoms with Crippen LogP contribution in [-0.2, 0) is 0 Å². The average Bonchev–Trinajstić information content (AvgIpc) is 2.29. The van der Waals surface area contributed by atoms with Gasteiger partial charge >= 0.3 is 0 Å². The summed E-state index contributed by atoms with van der Waals surface area (Å²) in [5.74, 6) is 0.361. The maximum absolute atomic E-state index is 12.0. The second kappa shape index (κ2) is 6.26. The maximum atomic E-state index is 12.0. The second-order valence-corrected chi connectivity index (χ2v) is 4.58. The summed E-state index contributed by atoms with van der Waals surface area (Å²) in [5, 5.41) is 0. The van der Waals surface area contributed by atoms with Crippen LogP contribution < -0.4 is 10.5 Å². The fraction of sp³-hybridized carbons (Fsp3) is 0.462. The first kappa shape index (κ1) is 14.3. The summed E-state index contributed by atoms with van der Waals surface area (Å²) in [6, 6.07) is 5.21. The van der Waals surface area contributed by atoms with E-state index in [-0.39, 0.29) is 5.91 Å². The predicted octanol–water partition coefficient (Wildman–Crippen LogP) is 0.911. The molecular weight excluding hydrogens is 230 g/mol. The van der Waals surface area contributed by atoms with Gasteiger partial charge in [0, 0.05) is 20.6 Å². The van der Waals surface area contributed by atoms with Crippen molar-refractivity contribution < 1.29 is 9.53 Å². The van der Waals surface area contributed by atoms with E-state index in [0.29, 0.717) is 23.6 Å². The van der Waals surface area contributed by atoms with Crippen LogP contribution in [-0.4, -0.2) is 57.0 Å². The van der Waals surface area contributed by atoms with Gasteiger partial charge in [-0.2, -0.15) is 0 Å². The molecule has 1 amide bonds. The molecule has 0 aliphatic rings. The molecule has 0 heterocycles. The van der Waals surface area contributed by atoms with E-state index >= 15 is 0 Å². The van der Waals surface area contributed by atoms with Gasteiger partial charge in [0.25, 0.3) is 5.91 Å².